The van der Waals surface area contributed by atoms with Gasteiger partial charge >= 0.3 is 0 Å². The molecule has 5 nitrogen and oxygen atoms in total. The topological polar surface area (TPSA) is 37.3 Å². The summed E-state index contributed by atoms with van der Waals surface area (Å²) in [6.45, 7) is 2.02. The van der Waals surface area contributed by atoms with Crippen molar-refractivity contribution >= 4 is 17.0 Å². The molecule has 3 aliphatic rings. The van der Waals surface area contributed by atoms with Crippen LogP contribution in [-0.4, -0.2) is 48.6 Å². The van der Waals surface area contributed by atoms with E-state index in [2.05, 4.69) is 46.6 Å². The van der Waals surface area contributed by atoms with E-state index in [9.17, 15) is 0 Å². The lowest BCUT2D eigenvalue weighted by Crippen LogP contribution is -2.58. The monoisotopic (exact) mass is 369 g/mol. The Morgan fingerprint density at radius 2 is 2.08 bits per heavy atom. The first-order valence-electron chi connectivity index (χ1n) is 9.15. The van der Waals surface area contributed by atoms with Crippen molar-refractivity contribution in [3.05, 3.63) is 46.2 Å². The van der Waals surface area contributed by atoms with Crippen LogP contribution in [0.4, 0.5) is 0 Å². The predicted octanol–water partition coefficient (Wildman–Crippen LogP) is 3.72. The Labute approximate surface area is 157 Å². The number of ether oxygens (including phenoxy) is 2. The molecule has 0 amide bonds. The Morgan fingerprint density at radius 3 is 2.81 bits per heavy atom. The average Bonchev–Trinajstić information content (AvgIpc) is 3.34. The van der Waals surface area contributed by atoms with Gasteiger partial charge in [0.15, 0.2) is 11.5 Å². The van der Waals surface area contributed by atoms with Crippen LogP contribution in [0.5, 0.6) is 11.5 Å². The molecule has 1 aromatic carbocycles. The van der Waals surface area contributed by atoms with Crippen molar-refractivity contribution in [3.63, 3.8) is 0 Å². The number of hydrogen-bond acceptors (Lipinski definition) is 6. The lowest BCUT2D eigenvalue weighted by molar-refractivity contribution is -0.148. The summed E-state index contributed by atoms with van der Waals surface area (Å²) >= 11 is 1.76. The van der Waals surface area contributed by atoms with E-state index >= 15 is 0 Å². The molecule has 4 heterocycles. The van der Waals surface area contributed by atoms with Crippen LogP contribution >= 0.6 is 11.3 Å². The molecule has 5 rings (SSSR count). The summed E-state index contributed by atoms with van der Waals surface area (Å²) in [6.07, 6.45) is 2.80. The molecule has 0 saturated carbocycles. The second-order valence-electron chi connectivity index (χ2n) is 7.32. The first-order chi connectivity index (χ1) is 12.7. The van der Waals surface area contributed by atoms with Crippen molar-refractivity contribution in [2.75, 3.05) is 27.2 Å². The first-order valence-corrected chi connectivity index (χ1v) is 10.0. The number of para-hydroxylation sites is 1. The number of nitrogens with zero attached hydrogens (tertiary/aromatic N) is 3. The van der Waals surface area contributed by atoms with Gasteiger partial charge in [-0.25, -0.2) is 5.01 Å². The highest BCUT2D eigenvalue weighted by molar-refractivity contribution is 7.12. The highest BCUT2D eigenvalue weighted by atomic mass is 32.1. The molecular weight excluding hydrogens is 346 g/mol. The van der Waals surface area contributed by atoms with Crippen molar-refractivity contribution in [1.29, 1.82) is 0 Å². The number of rotatable bonds is 2. The van der Waals surface area contributed by atoms with E-state index in [-0.39, 0.29) is 11.8 Å². The number of fused-ring (bicyclic) bond motifs is 4. The summed E-state index contributed by atoms with van der Waals surface area (Å²) < 4.78 is 12.3. The number of benzene rings is 1. The fraction of sp³-hybridized carbons (Fsp3) is 0.450. The minimum absolute atomic E-state index is 0.217. The van der Waals surface area contributed by atoms with Crippen molar-refractivity contribution < 1.29 is 9.47 Å². The van der Waals surface area contributed by atoms with Gasteiger partial charge in [-0.05, 0) is 24.6 Å². The summed E-state index contributed by atoms with van der Waals surface area (Å²) in [5, 5.41) is 9.46. The number of piperidine rings is 1. The number of thiophene rings is 1. The third kappa shape index (κ3) is 2.36. The molecular formula is C20H23N3O2S. The van der Waals surface area contributed by atoms with Gasteiger partial charge in [0.1, 0.15) is 0 Å². The van der Waals surface area contributed by atoms with Crippen LogP contribution in [0.2, 0.25) is 0 Å². The van der Waals surface area contributed by atoms with Gasteiger partial charge in [-0.2, -0.15) is 5.10 Å². The van der Waals surface area contributed by atoms with E-state index in [0.29, 0.717) is 0 Å². The largest absolute Gasteiger partial charge is 0.493 e. The van der Waals surface area contributed by atoms with Crippen molar-refractivity contribution in [2.45, 2.75) is 31.0 Å². The third-order valence-corrected chi connectivity index (χ3v) is 6.70. The van der Waals surface area contributed by atoms with Crippen LogP contribution < -0.4 is 9.47 Å². The van der Waals surface area contributed by atoms with Gasteiger partial charge in [0.25, 0.3) is 0 Å². The average molecular weight is 369 g/mol. The number of likely N-dealkylation sites (tertiary alicyclic amines) is 1. The molecule has 3 aliphatic heterocycles. The van der Waals surface area contributed by atoms with Gasteiger partial charge < -0.3 is 14.4 Å². The predicted molar refractivity (Wildman–Crippen MR) is 103 cm³/mol. The number of hydrazone groups is 1. The highest BCUT2D eigenvalue weighted by Crippen LogP contribution is 2.52. The lowest BCUT2D eigenvalue weighted by atomic mass is 9.91. The maximum absolute atomic E-state index is 6.68. The highest BCUT2D eigenvalue weighted by Gasteiger charge is 2.52. The van der Waals surface area contributed by atoms with Crippen LogP contribution in [0, 0.1) is 0 Å². The van der Waals surface area contributed by atoms with Crippen LogP contribution in [0.3, 0.4) is 0 Å². The molecule has 0 aliphatic carbocycles. The molecule has 0 N–H and O–H groups in total. The number of methoxy groups -OCH3 is 1. The lowest BCUT2D eigenvalue weighted by Gasteiger charge is -2.50. The zero-order valence-corrected chi connectivity index (χ0v) is 16.0. The Bertz CT molecular complexity index is 841. The summed E-state index contributed by atoms with van der Waals surface area (Å²) in [5.74, 6) is 1.73. The summed E-state index contributed by atoms with van der Waals surface area (Å²) in [5.41, 5.74) is 1.98. The van der Waals surface area contributed by atoms with E-state index in [4.69, 9.17) is 14.6 Å². The van der Waals surface area contributed by atoms with Gasteiger partial charge in [-0.1, -0.05) is 18.2 Å². The minimum atomic E-state index is -0.377. The molecule has 1 spiro atoms. The molecule has 136 valence electrons. The Hall–Kier alpha value is -2.05. The second-order valence-corrected chi connectivity index (χ2v) is 8.27. The molecule has 6 heteroatoms. The molecule has 1 unspecified atom stereocenters. The quantitative estimate of drug-likeness (QED) is 0.808. The zero-order chi connectivity index (χ0) is 17.7. The Balaban J connectivity index is 1.62. The van der Waals surface area contributed by atoms with Gasteiger partial charge in [-0.15, -0.1) is 11.3 Å². The normalized spacial score (nSPS) is 24.0. The first kappa shape index (κ1) is 16.1. The van der Waals surface area contributed by atoms with E-state index in [1.54, 1.807) is 18.4 Å². The maximum Gasteiger partial charge on any atom is 0.200 e. The van der Waals surface area contributed by atoms with E-state index in [0.717, 1.165) is 43.9 Å². The number of hydrogen-bond donors (Lipinski definition) is 0. The van der Waals surface area contributed by atoms with Crippen LogP contribution in [-0.2, 0) is 0 Å². The van der Waals surface area contributed by atoms with Crippen molar-refractivity contribution in [2.24, 2.45) is 5.10 Å². The summed E-state index contributed by atoms with van der Waals surface area (Å²) in [4.78, 5) is 3.62. The van der Waals surface area contributed by atoms with Crippen LogP contribution in [0.1, 0.15) is 35.7 Å². The van der Waals surface area contributed by atoms with E-state index < -0.39 is 0 Å². The van der Waals surface area contributed by atoms with Crippen LogP contribution in [0.15, 0.2) is 40.8 Å². The molecule has 1 saturated heterocycles. The smallest absolute Gasteiger partial charge is 0.200 e. The molecule has 0 bridgehead atoms. The van der Waals surface area contributed by atoms with Crippen LogP contribution in [0.25, 0.3) is 0 Å². The van der Waals surface area contributed by atoms with Gasteiger partial charge in [-0.3, -0.25) is 0 Å². The summed E-state index contributed by atoms with van der Waals surface area (Å²) in [6, 6.07) is 10.7. The van der Waals surface area contributed by atoms with E-state index in [1.165, 1.54) is 16.2 Å². The Morgan fingerprint density at radius 1 is 1.23 bits per heavy atom. The molecule has 2 aromatic rings. The van der Waals surface area contributed by atoms with Crippen molar-refractivity contribution in [3.8, 4) is 11.5 Å². The Kier molecular flexibility index (Phi) is 3.72. The fourth-order valence-electron chi connectivity index (χ4n) is 4.32. The zero-order valence-electron chi connectivity index (χ0n) is 15.1. The molecule has 1 atom stereocenters. The van der Waals surface area contributed by atoms with Gasteiger partial charge in [0.05, 0.1) is 23.7 Å². The SMILES string of the molecule is COc1cccc2c1OC1(CCN(C)CC1)N1N=C(c3cccs3)CC21. The van der Waals surface area contributed by atoms with Gasteiger partial charge in [0, 0.05) is 37.9 Å². The standard InChI is InChI=1S/C20H23N3O2S/c1-22-10-8-20(9-11-22)23-16(13-15(21-23)18-7-4-12-26-18)14-5-3-6-17(24-2)19(14)25-20/h3-7,12,16H,8-11,13H2,1-2H3. The molecule has 0 radical (unpaired) electrons. The molecule has 26 heavy (non-hydrogen) atoms. The van der Waals surface area contributed by atoms with Gasteiger partial charge in [0.2, 0.25) is 5.72 Å². The van der Waals surface area contributed by atoms with Crippen molar-refractivity contribution in [1.82, 2.24) is 9.91 Å². The second kappa shape index (κ2) is 5.99. The molecule has 1 fully saturated rings. The molecule has 1 aromatic heterocycles. The fourth-order valence-corrected chi connectivity index (χ4v) is 5.04. The minimum Gasteiger partial charge on any atom is -0.493 e. The van der Waals surface area contributed by atoms with E-state index in [1.807, 2.05) is 6.07 Å². The third-order valence-electron chi connectivity index (χ3n) is 5.78. The summed E-state index contributed by atoms with van der Waals surface area (Å²) in [7, 11) is 3.89. The maximum atomic E-state index is 6.68.